The summed E-state index contributed by atoms with van der Waals surface area (Å²) < 4.78 is 36.1. The maximum Gasteiger partial charge on any atom is 0.280 e. The van der Waals surface area contributed by atoms with Crippen LogP contribution < -0.4 is 15.6 Å². The third kappa shape index (κ3) is 5.72. The molecule has 2 aromatic heterocycles. The number of ether oxygens (including phenoxy) is 1. The van der Waals surface area contributed by atoms with Crippen molar-refractivity contribution in [1.29, 1.82) is 0 Å². The van der Waals surface area contributed by atoms with Crippen molar-refractivity contribution in [3.05, 3.63) is 16.7 Å². The minimum Gasteiger partial charge on any atom is -0.354 e. The first-order chi connectivity index (χ1) is 12.5. The van der Waals surface area contributed by atoms with Gasteiger partial charge in [0.1, 0.15) is 6.23 Å². The van der Waals surface area contributed by atoms with Gasteiger partial charge in [-0.3, -0.25) is 38.1 Å². The first-order valence-corrected chi connectivity index (χ1v) is 9.66. The number of nitrogens with zero attached hydrogens (tertiary/aromatic N) is 3. The molecule has 0 fully saturated rings. The van der Waals surface area contributed by atoms with Crippen molar-refractivity contribution in [2.45, 2.75) is 40.0 Å². The Morgan fingerprint density at radius 1 is 1.33 bits per heavy atom. The molecule has 0 bridgehead atoms. The molecule has 12 nitrogen and oxygen atoms in total. The number of aromatic amines is 1. The van der Waals surface area contributed by atoms with Gasteiger partial charge in [0.15, 0.2) is 22.2 Å². The summed E-state index contributed by atoms with van der Waals surface area (Å²) >= 11 is -3.82. The monoisotopic (exact) mass is 404 g/mol. The fourth-order valence-corrected chi connectivity index (χ4v) is 2.65. The molecule has 0 saturated heterocycles. The van der Waals surface area contributed by atoms with Crippen LogP contribution in [-0.4, -0.2) is 51.7 Å². The number of fused-ring (bicyclic) bond motifs is 1. The van der Waals surface area contributed by atoms with Gasteiger partial charge in [0.25, 0.3) is 5.56 Å². The molecule has 2 atom stereocenters. The largest absolute Gasteiger partial charge is 0.354 e. The number of aromatic nitrogens is 4. The predicted molar refractivity (Wildman–Crippen MR) is 100 cm³/mol. The summed E-state index contributed by atoms with van der Waals surface area (Å²) in [6.45, 7) is 6.73. The van der Waals surface area contributed by atoms with Gasteiger partial charge < -0.3 is 4.74 Å². The number of nitrogens with one attached hydrogen (secondary N) is 3. The smallest absolute Gasteiger partial charge is 0.280 e. The van der Waals surface area contributed by atoms with Crippen LogP contribution in [0.2, 0.25) is 0 Å². The standard InChI is InChI=1S/C14H24N6O6S/c1-7(2)12(21)18-14-17-11-10(13(22)19-14)15-6-20(11)9(4)26-8(3)5-16-27(23,24)25/h6-9,16,23-25H,5H2,1-4H3,(H2,17,18,19,21,22). The minimum atomic E-state index is -3.82. The van der Waals surface area contributed by atoms with Gasteiger partial charge in [-0.1, -0.05) is 13.8 Å². The minimum absolute atomic E-state index is 0.00379. The molecule has 0 spiro atoms. The maximum atomic E-state index is 12.2. The normalized spacial score (nSPS) is 15.1. The second-order valence-electron chi connectivity index (χ2n) is 6.30. The molecule has 152 valence electrons. The Labute approximate surface area is 156 Å². The lowest BCUT2D eigenvalue weighted by Gasteiger charge is -2.25. The fraction of sp³-hybridized carbons (Fsp3) is 0.571. The molecule has 2 unspecified atom stereocenters. The SMILES string of the molecule is CC(CNS(O)(O)O)OC(C)n1cnc2c(=O)[nH]c(NC(=O)C(C)C)nc21. The quantitative estimate of drug-likeness (QED) is 0.379. The number of hydrogen-bond acceptors (Lipinski definition) is 9. The van der Waals surface area contributed by atoms with Crippen LogP contribution in [0.4, 0.5) is 5.95 Å². The third-order valence-electron chi connectivity index (χ3n) is 3.58. The van der Waals surface area contributed by atoms with Gasteiger partial charge in [-0.25, -0.2) is 9.71 Å². The summed E-state index contributed by atoms with van der Waals surface area (Å²) in [7, 11) is 0. The Morgan fingerprint density at radius 3 is 2.59 bits per heavy atom. The summed E-state index contributed by atoms with van der Waals surface area (Å²) in [6.07, 6.45) is 0.249. The highest BCUT2D eigenvalue weighted by atomic mass is 32.3. The van der Waals surface area contributed by atoms with Crippen LogP contribution in [0.3, 0.4) is 0 Å². The Balaban J connectivity index is 2.21. The van der Waals surface area contributed by atoms with E-state index in [0.717, 1.165) is 0 Å². The molecule has 0 radical (unpaired) electrons. The van der Waals surface area contributed by atoms with Crippen molar-refractivity contribution < 1.29 is 23.2 Å². The highest BCUT2D eigenvalue weighted by molar-refractivity contribution is 8.17. The third-order valence-corrected chi connectivity index (χ3v) is 4.14. The van der Waals surface area contributed by atoms with Crippen molar-refractivity contribution in [3.8, 4) is 0 Å². The van der Waals surface area contributed by atoms with E-state index in [2.05, 4.69) is 25.0 Å². The summed E-state index contributed by atoms with van der Waals surface area (Å²) in [5, 5.41) is 2.53. The number of carbonyl (C=O) groups is 1. The van der Waals surface area contributed by atoms with Gasteiger partial charge in [-0.05, 0) is 13.8 Å². The lowest BCUT2D eigenvalue weighted by molar-refractivity contribution is -0.118. The maximum absolute atomic E-state index is 12.2. The highest BCUT2D eigenvalue weighted by Crippen LogP contribution is 2.26. The van der Waals surface area contributed by atoms with Gasteiger partial charge in [0.2, 0.25) is 11.9 Å². The van der Waals surface area contributed by atoms with Crippen molar-refractivity contribution in [2.24, 2.45) is 5.92 Å². The van der Waals surface area contributed by atoms with E-state index in [1.54, 1.807) is 27.7 Å². The van der Waals surface area contributed by atoms with Crippen LogP contribution in [0.25, 0.3) is 11.2 Å². The molecule has 6 N–H and O–H groups in total. The molecule has 0 aliphatic carbocycles. The van der Waals surface area contributed by atoms with E-state index >= 15 is 0 Å². The molecule has 2 rings (SSSR count). The van der Waals surface area contributed by atoms with Gasteiger partial charge >= 0.3 is 0 Å². The first kappa shape index (κ1) is 21.3. The van der Waals surface area contributed by atoms with E-state index in [1.807, 2.05) is 0 Å². The van der Waals surface area contributed by atoms with E-state index in [0.29, 0.717) is 0 Å². The molecular weight excluding hydrogens is 380 g/mol. The Kier molecular flexibility index (Phi) is 6.56. The van der Waals surface area contributed by atoms with Crippen molar-refractivity contribution in [2.75, 3.05) is 11.9 Å². The molecule has 13 heteroatoms. The average molecular weight is 404 g/mol. The molecule has 0 aromatic carbocycles. The molecule has 0 saturated carbocycles. The summed E-state index contributed by atoms with van der Waals surface area (Å²) in [6, 6.07) is 0. The zero-order valence-corrected chi connectivity index (χ0v) is 16.1. The molecule has 0 aliphatic rings. The van der Waals surface area contributed by atoms with Gasteiger partial charge in [-0.2, -0.15) is 4.98 Å². The van der Waals surface area contributed by atoms with E-state index in [1.165, 1.54) is 10.9 Å². The second kappa shape index (κ2) is 8.33. The number of carbonyl (C=O) groups excluding carboxylic acids is 1. The van der Waals surface area contributed by atoms with Gasteiger partial charge in [0, 0.05) is 12.5 Å². The summed E-state index contributed by atoms with van der Waals surface area (Å²) in [5.74, 6) is -0.579. The Morgan fingerprint density at radius 2 is 2.00 bits per heavy atom. The molecule has 2 aromatic rings. The van der Waals surface area contributed by atoms with E-state index < -0.39 is 28.9 Å². The van der Waals surface area contributed by atoms with Crippen LogP contribution in [0.15, 0.2) is 11.1 Å². The van der Waals surface area contributed by atoms with Crippen LogP contribution >= 0.6 is 11.1 Å². The number of rotatable bonds is 8. The van der Waals surface area contributed by atoms with Crippen molar-refractivity contribution in [1.82, 2.24) is 24.2 Å². The molecule has 1 amide bonds. The lowest BCUT2D eigenvalue weighted by atomic mass is 10.2. The lowest BCUT2D eigenvalue weighted by Crippen LogP contribution is -2.30. The molecule has 27 heavy (non-hydrogen) atoms. The van der Waals surface area contributed by atoms with Gasteiger partial charge in [0.05, 0.1) is 12.4 Å². The van der Waals surface area contributed by atoms with Crippen LogP contribution in [-0.2, 0) is 9.53 Å². The average Bonchev–Trinajstić information content (AvgIpc) is 2.96. The van der Waals surface area contributed by atoms with Crippen LogP contribution in [0.1, 0.15) is 33.9 Å². The van der Waals surface area contributed by atoms with Crippen LogP contribution in [0, 0.1) is 5.92 Å². The van der Waals surface area contributed by atoms with E-state index in [-0.39, 0.29) is 35.5 Å². The number of anilines is 1. The molecule has 2 heterocycles. The second-order valence-corrected chi connectivity index (χ2v) is 7.62. The summed E-state index contributed by atoms with van der Waals surface area (Å²) in [5.41, 5.74) is -0.200. The summed E-state index contributed by atoms with van der Waals surface area (Å²) in [4.78, 5) is 34.7. The van der Waals surface area contributed by atoms with E-state index in [9.17, 15) is 9.59 Å². The zero-order chi connectivity index (χ0) is 20.4. The predicted octanol–water partition coefficient (Wildman–Crippen LogP) is 1.37. The highest BCUT2D eigenvalue weighted by Gasteiger charge is 2.19. The molecule has 0 aliphatic heterocycles. The number of imidazole rings is 1. The number of amides is 1. The Hall–Kier alpha value is -2.03. The van der Waals surface area contributed by atoms with Gasteiger partial charge in [-0.15, -0.1) is 0 Å². The first-order valence-electron chi connectivity index (χ1n) is 8.16. The van der Waals surface area contributed by atoms with Crippen molar-refractivity contribution in [3.63, 3.8) is 0 Å². The van der Waals surface area contributed by atoms with Crippen LogP contribution in [0.5, 0.6) is 0 Å². The topological polar surface area (TPSA) is 175 Å². The zero-order valence-electron chi connectivity index (χ0n) is 15.3. The Bertz CT molecular complexity index is 860. The number of H-pyrrole nitrogens is 1. The number of hydrogen-bond donors (Lipinski definition) is 6. The fourth-order valence-electron chi connectivity index (χ4n) is 2.19. The van der Waals surface area contributed by atoms with E-state index in [4.69, 9.17) is 18.4 Å². The molecular formula is C14H24N6O6S. The van der Waals surface area contributed by atoms with Crippen molar-refractivity contribution >= 4 is 34.1 Å².